The van der Waals surface area contributed by atoms with Crippen LogP contribution in [-0.4, -0.2) is 21.8 Å². The molecule has 0 aliphatic heterocycles. The predicted molar refractivity (Wildman–Crippen MR) is 69.7 cm³/mol. The number of aromatic nitrogens is 1. The monoisotopic (exact) mass is 308 g/mol. The zero-order valence-electron chi connectivity index (χ0n) is 9.11. The van der Waals surface area contributed by atoms with Crippen LogP contribution in [0.15, 0.2) is 34.9 Å². The van der Waals surface area contributed by atoms with E-state index < -0.39 is 5.97 Å². The normalized spacial score (nSPS) is 10.3. The average Bonchev–Trinajstić information content (AvgIpc) is 2.75. The van der Waals surface area contributed by atoms with Gasteiger partial charge in [0.25, 0.3) is 0 Å². The quantitative estimate of drug-likeness (QED) is 0.598. The van der Waals surface area contributed by atoms with E-state index in [1.165, 1.54) is 12.3 Å². The van der Waals surface area contributed by atoms with Crippen LogP contribution in [0.4, 0.5) is 5.69 Å². The van der Waals surface area contributed by atoms with Crippen LogP contribution in [-0.2, 0) is 0 Å². The Hall–Kier alpha value is -2.08. The van der Waals surface area contributed by atoms with E-state index in [4.69, 9.17) is 10.8 Å². The molecule has 0 atom stereocenters. The third-order valence-electron chi connectivity index (χ3n) is 2.36. The Morgan fingerprint density at radius 3 is 2.44 bits per heavy atom. The van der Waals surface area contributed by atoms with Crippen LogP contribution in [0, 0.1) is 0 Å². The van der Waals surface area contributed by atoms with Gasteiger partial charge in [0.15, 0.2) is 5.78 Å². The van der Waals surface area contributed by atoms with Gasteiger partial charge in [-0.15, -0.1) is 0 Å². The van der Waals surface area contributed by atoms with Crippen molar-refractivity contribution in [1.82, 2.24) is 4.98 Å². The lowest BCUT2D eigenvalue weighted by Gasteiger charge is -2.01. The maximum Gasteiger partial charge on any atom is 0.352 e. The minimum absolute atomic E-state index is 0.0266. The summed E-state index contributed by atoms with van der Waals surface area (Å²) in [5.41, 5.74) is 6.76. The molecule has 5 nitrogen and oxygen atoms in total. The Labute approximate surface area is 111 Å². The van der Waals surface area contributed by atoms with Gasteiger partial charge >= 0.3 is 5.97 Å². The smallest absolute Gasteiger partial charge is 0.352 e. The van der Waals surface area contributed by atoms with E-state index in [2.05, 4.69) is 20.9 Å². The number of ketones is 1. The fourth-order valence-electron chi connectivity index (χ4n) is 1.56. The van der Waals surface area contributed by atoms with Crippen molar-refractivity contribution < 1.29 is 14.7 Å². The molecule has 1 aromatic heterocycles. The molecule has 0 saturated carbocycles. The van der Waals surface area contributed by atoms with Gasteiger partial charge in [-0.05, 0) is 24.3 Å². The molecule has 18 heavy (non-hydrogen) atoms. The summed E-state index contributed by atoms with van der Waals surface area (Å²) in [6.07, 6.45) is 1.36. The lowest BCUT2D eigenvalue weighted by Crippen LogP contribution is -2.01. The summed E-state index contributed by atoms with van der Waals surface area (Å²) in [7, 11) is 0. The number of aromatic carboxylic acids is 1. The maximum absolute atomic E-state index is 12.1. The number of nitrogen functional groups attached to an aromatic ring is 1. The molecular weight excluding hydrogens is 300 g/mol. The second-order valence-electron chi connectivity index (χ2n) is 3.71. The second-order valence-corrected chi connectivity index (χ2v) is 4.63. The van der Waals surface area contributed by atoms with Crippen LogP contribution in [0.25, 0.3) is 0 Å². The molecule has 1 aromatic carbocycles. The molecule has 92 valence electrons. The Morgan fingerprint density at radius 1 is 1.17 bits per heavy atom. The minimum atomic E-state index is -1.11. The first-order valence-corrected chi connectivity index (χ1v) is 5.79. The van der Waals surface area contributed by atoms with Gasteiger partial charge < -0.3 is 15.8 Å². The molecule has 2 rings (SSSR count). The summed E-state index contributed by atoms with van der Waals surface area (Å²) < 4.78 is 0.694. The number of hydrogen-bond donors (Lipinski definition) is 3. The lowest BCUT2D eigenvalue weighted by molar-refractivity contribution is 0.0691. The molecule has 0 fully saturated rings. The van der Waals surface area contributed by atoms with E-state index in [0.29, 0.717) is 15.7 Å². The molecule has 2 aromatic rings. The number of carboxylic acids is 1. The summed E-state index contributed by atoms with van der Waals surface area (Å²) in [5, 5.41) is 8.77. The summed E-state index contributed by atoms with van der Waals surface area (Å²) in [5.74, 6) is -1.39. The first kappa shape index (κ1) is 12.4. The summed E-state index contributed by atoms with van der Waals surface area (Å²) in [4.78, 5) is 25.3. The van der Waals surface area contributed by atoms with Crippen molar-refractivity contribution in [2.24, 2.45) is 0 Å². The molecule has 0 unspecified atom stereocenters. The zero-order valence-corrected chi connectivity index (χ0v) is 10.7. The highest BCUT2D eigenvalue weighted by molar-refractivity contribution is 9.10. The van der Waals surface area contributed by atoms with Crippen molar-refractivity contribution in [1.29, 1.82) is 0 Å². The number of nitrogens with two attached hydrogens (primary N) is 1. The largest absolute Gasteiger partial charge is 0.477 e. The fourth-order valence-corrected chi connectivity index (χ4v) is 2.07. The van der Waals surface area contributed by atoms with Crippen LogP contribution in [0.1, 0.15) is 26.4 Å². The number of carboxylic acid groups (broad SMARTS) is 1. The number of nitrogens with one attached hydrogen (secondary N) is 1. The van der Waals surface area contributed by atoms with Gasteiger partial charge in [0, 0.05) is 27.5 Å². The number of carbonyl (C=O) groups excluding carboxylic acids is 1. The Kier molecular flexibility index (Phi) is 3.20. The molecule has 0 radical (unpaired) electrons. The summed E-state index contributed by atoms with van der Waals surface area (Å²) >= 11 is 3.25. The number of H-pyrrole nitrogens is 1. The van der Waals surface area contributed by atoms with Gasteiger partial charge in [0.05, 0.1) is 0 Å². The van der Waals surface area contributed by atoms with Gasteiger partial charge in [0.1, 0.15) is 5.69 Å². The van der Waals surface area contributed by atoms with Gasteiger partial charge in [0.2, 0.25) is 0 Å². The molecule has 0 bridgehead atoms. The van der Waals surface area contributed by atoms with E-state index in [1.807, 2.05) is 0 Å². The van der Waals surface area contributed by atoms with E-state index in [-0.39, 0.29) is 17.0 Å². The molecular formula is C12H9BrN2O3. The van der Waals surface area contributed by atoms with E-state index in [0.717, 1.165) is 0 Å². The van der Waals surface area contributed by atoms with Crippen molar-refractivity contribution >= 4 is 33.4 Å². The number of anilines is 1. The van der Waals surface area contributed by atoms with Crippen LogP contribution in [0.5, 0.6) is 0 Å². The highest BCUT2D eigenvalue weighted by Crippen LogP contribution is 2.20. The van der Waals surface area contributed by atoms with E-state index in [1.54, 1.807) is 18.2 Å². The van der Waals surface area contributed by atoms with Crippen LogP contribution >= 0.6 is 15.9 Å². The minimum Gasteiger partial charge on any atom is -0.477 e. The molecule has 6 heteroatoms. The van der Waals surface area contributed by atoms with Crippen LogP contribution in [0.3, 0.4) is 0 Å². The van der Waals surface area contributed by atoms with Crippen LogP contribution < -0.4 is 5.73 Å². The predicted octanol–water partition coefficient (Wildman–Crippen LogP) is 2.29. The molecule has 4 N–H and O–H groups in total. The Morgan fingerprint density at radius 2 is 1.89 bits per heavy atom. The van der Waals surface area contributed by atoms with Gasteiger partial charge in [-0.25, -0.2) is 4.79 Å². The lowest BCUT2D eigenvalue weighted by atomic mass is 10.1. The number of halogens is 1. The van der Waals surface area contributed by atoms with Crippen molar-refractivity contribution in [3.8, 4) is 0 Å². The van der Waals surface area contributed by atoms with Crippen molar-refractivity contribution in [2.45, 2.75) is 0 Å². The number of aromatic amines is 1. The molecule has 1 heterocycles. The average molecular weight is 309 g/mol. The molecule has 0 amide bonds. The SMILES string of the molecule is Nc1cc(Br)cc(C(=O)c2c[nH]c(C(=O)O)c2)c1. The maximum atomic E-state index is 12.1. The fraction of sp³-hybridized carbons (Fsp3) is 0. The third-order valence-corrected chi connectivity index (χ3v) is 2.82. The third kappa shape index (κ3) is 2.43. The summed E-state index contributed by atoms with van der Waals surface area (Å²) in [6, 6.07) is 6.14. The number of benzene rings is 1. The Balaban J connectivity index is 2.38. The first-order valence-electron chi connectivity index (χ1n) is 5.00. The van der Waals surface area contributed by atoms with Gasteiger partial charge in [-0.1, -0.05) is 15.9 Å². The van der Waals surface area contributed by atoms with Gasteiger partial charge in [-0.3, -0.25) is 4.79 Å². The molecule has 0 saturated heterocycles. The topological polar surface area (TPSA) is 96.2 Å². The zero-order chi connectivity index (χ0) is 13.3. The molecule has 0 aliphatic rings. The number of rotatable bonds is 3. The first-order chi connectivity index (χ1) is 8.47. The Bertz CT molecular complexity index is 614. The highest BCUT2D eigenvalue weighted by Gasteiger charge is 2.14. The second kappa shape index (κ2) is 4.66. The van der Waals surface area contributed by atoms with Crippen molar-refractivity contribution in [3.63, 3.8) is 0 Å². The number of hydrogen-bond acceptors (Lipinski definition) is 3. The van der Waals surface area contributed by atoms with E-state index in [9.17, 15) is 9.59 Å². The standard InChI is InChI=1S/C12H9BrN2O3/c13-8-1-6(2-9(14)4-8)11(16)7-3-10(12(17)18)15-5-7/h1-5,15H,14H2,(H,17,18). The van der Waals surface area contributed by atoms with Crippen molar-refractivity contribution in [2.75, 3.05) is 5.73 Å². The molecule has 0 aliphatic carbocycles. The summed E-state index contributed by atoms with van der Waals surface area (Å²) in [6.45, 7) is 0. The molecule has 0 spiro atoms. The van der Waals surface area contributed by atoms with Crippen molar-refractivity contribution in [3.05, 3.63) is 51.8 Å². The number of carbonyl (C=O) groups is 2. The highest BCUT2D eigenvalue weighted by atomic mass is 79.9. The van der Waals surface area contributed by atoms with E-state index >= 15 is 0 Å². The van der Waals surface area contributed by atoms with Crippen LogP contribution in [0.2, 0.25) is 0 Å². The van der Waals surface area contributed by atoms with Gasteiger partial charge in [-0.2, -0.15) is 0 Å².